The van der Waals surface area contributed by atoms with Gasteiger partial charge in [0.15, 0.2) is 0 Å². The number of unbranched alkanes of at least 4 members (excludes halogenated alkanes) is 1. The molecular weight excluding hydrogens is 464 g/mol. The predicted octanol–water partition coefficient (Wildman–Crippen LogP) is 3.66. The molecule has 0 aliphatic heterocycles. The Morgan fingerprint density at radius 2 is 1.76 bits per heavy atom. The Morgan fingerprint density at radius 3 is 2.38 bits per heavy atom. The number of hydrogen-bond donors (Lipinski definition) is 0. The number of halogens is 1. The van der Waals surface area contributed by atoms with Gasteiger partial charge in [0.25, 0.3) is 0 Å². The number of benzene rings is 1. The maximum absolute atomic E-state index is 12.1. The van der Waals surface area contributed by atoms with Crippen molar-refractivity contribution in [3.63, 3.8) is 0 Å². The summed E-state index contributed by atoms with van der Waals surface area (Å²) in [5.41, 5.74) is 0.411. The van der Waals surface area contributed by atoms with E-state index in [1.807, 2.05) is 0 Å². The second kappa shape index (κ2) is 10.9. The molecule has 0 saturated heterocycles. The van der Waals surface area contributed by atoms with Crippen LogP contribution in [0.4, 0.5) is 0 Å². The summed E-state index contributed by atoms with van der Waals surface area (Å²) in [7, 11) is 3.57. The van der Waals surface area contributed by atoms with Gasteiger partial charge in [-0.3, -0.25) is 4.79 Å². The fourth-order valence-corrected chi connectivity index (χ4v) is 5.20. The molecule has 0 atom stereocenters. The summed E-state index contributed by atoms with van der Waals surface area (Å²) >= 11 is 3.41. The largest absolute Gasteiger partial charge is 0.500 e. The lowest BCUT2D eigenvalue weighted by Crippen LogP contribution is -2.42. The van der Waals surface area contributed by atoms with Crippen LogP contribution >= 0.6 is 15.9 Å². The monoisotopic (exact) mass is 488 g/mol. The maximum atomic E-state index is 12.1. The van der Waals surface area contributed by atoms with Gasteiger partial charge in [-0.15, -0.1) is 0 Å². The molecule has 8 nitrogen and oxygen atoms in total. The summed E-state index contributed by atoms with van der Waals surface area (Å²) in [5, 5.41) is 0.668. The lowest BCUT2D eigenvalue weighted by atomic mass is 10.1. The van der Waals surface area contributed by atoms with Crippen molar-refractivity contribution in [2.45, 2.75) is 31.9 Å². The molecule has 0 aliphatic carbocycles. The third kappa shape index (κ3) is 6.13. The molecule has 29 heavy (non-hydrogen) atoms. The lowest BCUT2D eigenvalue weighted by Gasteiger charge is -2.24. The SMILES string of the molecule is COc1cc2oc(=O)cc(COC(=O)CCCC[Si](OC)(OC)OC)c2cc1Br. The highest BCUT2D eigenvalue weighted by atomic mass is 79.9. The molecule has 0 N–H and O–H groups in total. The summed E-state index contributed by atoms with van der Waals surface area (Å²) < 4.78 is 32.6. The van der Waals surface area contributed by atoms with E-state index in [0.29, 0.717) is 45.6 Å². The Labute approximate surface area is 178 Å². The number of hydrogen-bond acceptors (Lipinski definition) is 8. The Balaban J connectivity index is 1.96. The standard InChI is InChI=1S/C19H25BrO8Si/c1-23-17-11-16-14(10-15(17)20)13(9-19(22)28-16)12-27-18(21)7-5-6-8-29(24-2,25-3)26-4/h9-11H,5-8,12H2,1-4H3. The number of esters is 1. The molecule has 10 heteroatoms. The smallest absolute Gasteiger partial charge is 0.495 e. The van der Waals surface area contributed by atoms with Crippen LogP contribution in [0.25, 0.3) is 11.0 Å². The normalized spacial score (nSPS) is 11.6. The van der Waals surface area contributed by atoms with Crippen LogP contribution in [-0.4, -0.2) is 43.2 Å². The average Bonchev–Trinajstić information content (AvgIpc) is 2.72. The third-order valence-electron chi connectivity index (χ3n) is 4.54. The molecule has 0 unspecified atom stereocenters. The molecule has 0 aliphatic rings. The zero-order valence-electron chi connectivity index (χ0n) is 16.9. The number of fused-ring (bicyclic) bond motifs is 1. The molecule has 0 spiro atoms. The fourth-order valence-electron chi connectivity index (χ4n) is 2.90. The van der Waals surface area contributed by atoms with Gasteiger partial charge in [0.1, 0.15) is 17.9 Å². The first-order chi connectivity index (χ1) is 13.9. The Bertz CT molecular complexity index is 885. The number of carbonyl (C=O) groups is 1. The van der Waals surface area contributed by atoms with Crippen molar-refractivity contribution in [3.8, 4) is 5.75 Å². The van der Waals surface area contributed by atoms with Crippen molar-refractivity contribution < 1.29 is 32.0 Å². The van der Waals surface area contributed by atoms with Gasteiger partial charge in [-0.1, -0.05) is 0 Å². The second-order valence-electron chi connectivity index (χ2n) is 6.24. The summed E-state index contributed by atoms with van der Waals surface area (Å²) in [4.78, 5) is 23.9. The van der Waals surface area contributed by atoms with E-state index >= 15 is 0 Å². The summed E-state index contributed by atoms with van der Waals surface area (Å²) in [6.45, 7) is -0.0212. The van der Waals surface area contributed by atoms with Crippen LogP contribution in [0.1, 0.15) is 24.8 Å². The minimum absolute atomic E-state index is 0.0212. The first-order valence-electron chi connectivity index (χ1n) is 8.99. The molecule has 2 aromatic rings. The van der Waals surface area contributed by atoms with Crippen molar-refractivity contribution in [3.05, 3.63) is 38.7 Å². The van der Waals surface area contributed by atoms with Crippen LogP contribution in [-0.2, 0) is 29.4 Å². The quantitative estimate of drug-likeness (QED) is 0.204. The van der Waals surface area contributed by atoms with Gasteiger partial charge in [0, 0.05) is 56.9 Å². The summed E-state index contributed by atoms with van der Waals surface area (Å²) in [6.07, 6.45) is 1.57. The number of ether oxygens (including phenoxy) is 2. The van der Waals surface area contributed by atoms with Gasteiger partial charge < -0.3 is 27.2 Å². The van der Waals surface area contributed by atoms with Gasteiger partial charge in [0.05, 0.1) is 11.6 Å². The second-order valence-corrected chi connectivity index (χ2v) is 10.2. The van der Waals surface area contributed by atoms with Gasteiger partial charge in [-0.25, -0.2) is 4.79 Å². The third-order valence-corrected chi connectivity index (χ3v) is 7.99. The zero-order valence-corrected chi connectivity index (χ0v) is 19.5. The van der Waals surface area contributed by atoms with E-state index in [4.69, 9.17) is 27.2 Å². The topological polar surface area (TPSA) is 93.4 Å². The number of methoxy groups -OCH3 is 1. The number of carbonyl (C=O) groups excluding carboxylic acids is 1. The van der Waals surface area contributed by atoms with Crippen LogP contribution in [0.3, 0.4) is 0 Å². The van der Waals surface area contributed by atoms with E-state index in [-0.39, 0.29) is 19.0 Å². The van der Waals surface area contributed by atoms with Crippen molar-refractivity contribution in [2.75, 3.05) is 28.4 Å². The van der Waals surface area contributed by atoms with E-state index < -0.39 is 14.4 Å². The van der Waals surface area contributed by atoms with Gasteiger partial charge in [-0.05, 0) is 34.8 Å². The van der Waals surface area contributed by atoms with E-state index in [1.54, 1.807) is 33.5 Å². The van der Waals surface area contributed by atoms with Crippen molar-refractivity contribution in [2.24, 2.45) is 0 Å². The molecule has 160 valence electrons. The predicted molar refractivity (Wildman–Crippen MR) is 112 cm³/mol. The van der Waals surface area contributed by atoms with Crippen molar-refractivity contribution in [1.82, 2.24) is 0 Å². The first kappa shape index (κ1) is 23.6. The maximum Gasteiger partial charge on any atom is 0.500 e. The van der Waals surface area contributed by atoms with Crippen LogP contribution in [0.5, 0.6) is 5.75 Å². The average molecular weight is 489 g/mol. The molecule has 1 aromatic carbocycles. The Hall–Kier alpha value is -1.72. The van der Waals surface area contributed by atoms with E-state index in [9.17, 15) is 9.59 Å². The lowest BCUT2D eigenvalue weighted by molar-refractivity contribution is -0.145. The fraction of sp³-hybridized carbons (Fsp3) is 0.474. The van der Waals surface area contributed by atoms with Gasteiger partial charge in [-0.2, -0.15) is 0 Å². The number of rotatable bonds is 11. The van der Waals surface area contributed by atoms with Gasteiger partial charge >= 0.3 is 20.4 Å². The Morgan fingerprint density at radius 1 is 1.07 bits per heavy atom. The molecule has 0 radical (unpaired) electrons. The molecule has 0 amide bonds. The van der Waals surface area contributed by atoms with Crippen LogP contribution in [0, 0.1) is 0 Å². The molecular formula is C19H25BrO8Si. The van der Waals surface area contributed by atoms with E-state index in [1.165, 1.54) is 13.2 Å². The van der Waals surface area contributed by atoms with Crippen molar-refractivity contribution in [1.29, 1.82) is 0 Å². The molecule has 2 rings (SSSR count). The van der Waals surface area contributed by atoms with Crippen molar-refractivity contribution >= 4 is 41.7 Å². The van der Waals surface area contributed by atoms with Crippen LogP contribution < -0.4 is 10.4 Å². The first-order valence-corrected chi connectivity index (χ1v) is 11.7. The van der Waals surface area contributed by atoms with E-state index in [2.05, 4.69) is 15.9 Å². The van der Waals surface area contributed by atoms with Crippen LogP contribution in [0.15, 0.2) is 31.9 Å². The summed E-state index contributed by atoms with van der Waals surface area (Å²) in [6, 6.07) is 5.32. The molecule has 0 bridgehead atoms. The molecule has 1 heterocycles. The zero-order chi connectivity index (χ0) is 21.4. The molecule has 0 fully saturated rings. The Kier molecular flexibility index (Phi) is 8.84. The molecule has 0 saturated carbocycles. The highest BCUT2D eigenvalue weighted by Gasteiger charge is 2.36. The highest BCUT2D eigenvalue weighted by molar-refractivity contribution is 9.10. The highest BCUT2D eigenvalue weighted by Crippen LogP contribution is 2.31. The van der Waals surface area contributed by atoms with Crippen LogP contribution in [0.2, 0.25) is 6.04 Å². The molecule has 1 aromatic heterocycles. The summed E-state index contributed by atoms with van der Waals surface area (Å²) in [5.74, 6) is 0.191. The van der Waals surface area contributed by atoms with E-state index in [0.717, 1.165) is 0 Å². The minimum atomic E-state index is -2.62. The van der Waals surface area contributed by atoms with Gasteiger partial charge in [0.2, 0.25) is 0 Å². The minimum Gasteiger partial charge on any atom is -0.495 e.